The number of guanidine groups is 1. The Morgan fingerprint density at radius 1 is 1.07 bits per heavy atom. The Labute approximate surface area is 196 Å². The van der Waals surface area contributed by atoms with Crippen molar-refractivity contribution in [1.82, 2.24) is 10.6 Å². The SMILES string of the molecule is CN=C(NCC1CCCOC1c1ccc(C)cc1)NC1CCOc2ccccc21.I. The summed E-state index contributed by atoms with van der Waals surface area (Å²) in [6.07, 6.45) is 3.33. The van der Waals surface area contributed by atoms with Gasteiger partial charge in [-0.05, 0) is 31.4 Å². The Kier molecular flexibility index (Phi) is 8.39. The molecule has 2 N–H and O–H groups in total. The van der Waals surface area contributed by atoms with Gasteiger partial charge in [-0.15, -0.1) is 24.0 Å². The van der Waals surface area contributed by atoms with E-state index in [4.69, 9.17) is 9.47 Å². The number of nitrogens with zero attached hydrogens (tertiary/aromatic N) is 1. The molecule has 0 saturated carbocycles. The van der Waals surface area contributed by atoms with Crippen LogP contribution in [0.3, 0.4) is 0 Å². The van der Waals surface area contributed by atoms with Gasteiger partial charge in [-0.2, -0.15) is 0 Å². The van der Waals surface area contributed by atoms with Gasteiger partial charge in [0.15, 0.2) is 5.96 Å². The van der Waals surface area contributed by atoms with Crippen LogP contribution in [0.15, 0.2) is 53.5 Å². The molecule has 3 atom stereocenters. The van der Waals surface area contributed by atoms with Crippen LogP contribution in [0.1, 0.15) is 48.1 Å². The highest BCUT2D eigenvalue weighted by Gasteiger charge is 2.28. The smallest absolute Gasteiger partial charge is 0.191 e. The van der Waals surface area contributed by atoms with E-state index in [-0.39, 0.29) is 36.1 Å². The number of hydrogen-bond donors (Lipinski definition) is 2. The third kappa shape index (κ3) is 5.46. The van der Waals surface area contributed by atoms with Crippen molar-refractivity contribution in [2.75, 3.05) is 26.8 Å². The lowest BCUT2D eigenvalue weighted by Gasteiger charge is -2.33. The van der Waals surface area contributed by atoms with Crippen LogP contribution in [-0.2, 0) is 4.74 Å². The molecule has 2 aliphatic heterocycles. The summed E-state index contributed by atoms with van der Waals surface area (Å²) in [6, 6.07) is 17.2. The second kappa shape index (κ2) is 11.0. The van der Waals surface area contributed by atoms with E-state index < -0.39 is 0 Å². The highest BCUT2D eigenvalue weighted by Crippen LogP contribution is 2.34. The molecule has 0 bridgehead atoms. The summed E-state index contributed by atoms with van der Waals surface area (Å²) >= 11 is 0. The second-order valence-electron chi connectivity index (χ2n) is 7.93. The minimum absolute atomic E-state index is 0. The fraction of sp³-hybridized carbons (Fsp3) is 0.458. The van der Waals surface area contributed by atoms with Crippen molar-refractivity contribution in [3.05, 3.63) is 65.2 Å². The molecule has 2 aromatic rings. The van der Waals surface area contributed by atoms with E-state index in [1.54, 1.807) is 0 Å². The van der Waals surface area contributed by atoms with Crippen molar-refractivity contribution in [3.63, 3.8) is 0 Å². The molecule has 30 heavy (non-hydrogen) atoms. The van der Waals surface area contributed by atoms with Crippen LogP contribution in [0.25, 0.3) is 0 Å². The number of benzene rings is 2. The predicted octanol–water partition coefficient (Wildman–Crippen LogP) is 4.77. The second-order valence-corrected chi connectivity index (χ2v) is 7.93. The van der Waals surface area contributed by atoms with Crippen molar-refractivity contribution in [1.29, 1.82) is 0 Å². The standard InChI is InChI=1S/C24H31N3O2.HI/c1-17-9-11-18(12-10-17)23-19(6-5-14-29-23)16-26-24(25-2)27-21-13-15-28-22-8-4-3-7-20(21)22;/h3-4,7-12,19,21,23H,5-6,13-16H2,1-2H3,(H2,25,26,27);1H. The van der Waals surface area contributed by atoms with Crippen LogP contribution in [0.2, 0.25) is 0 Å². The number of aryl methyl sites for hydroxylation is 1. The zero-order valence-corrected chi connectivity index (χ0v) is 20.1. The van der Waals surface area contributed by atoms with Gasteiger partial charge in [-0.3, -0.25) is 4.99 Å². The molecule has 2 aliphatic rings. The Morgan fingerprint density at radius 3 is 2.67 bits per heavy atom. The molecule has 5 nitrogen and oxygen atoms in total. The Hall–Kier alpha value is -1.80. The van der Waals surface area contributed by atoms with Crippen LogP contribution >= 0.6 is 24.0 Å². The fourth-order valence-electron chi connectivity index (χ4n) is 4.26. The monoisotopic (exact) mass is 521 g/mol. The average molecular weight is 521 g/mol. The Bertz CT molecular complexity index is 841. The molecule has 0 radical (unpaired) electrons. The lowest BCUT2D eigenvalue weighted by molar-refractivity contribution is -0.0265. The van der Waals surface area contributed by atoms with Crippen LogP contribution in [0.5, 0.6) is 5.75 Å². The number of nitrogens with one attached hydrogen (secondary N) is 2. The third-order valence-corrected chi connectivity index (χ3v) is 5.88. The molecule has 0 aromatic heterocycles. The van der Waals surface area contributed by atoms with E-state index in [0.717, 1.165) is 50.7 Å². The number of fused-ring (bicyclic) bond motifs is 1. The summed E-state index contributed by atoms with van der Waals surface area (Å²) in [5, 5.41) is 7.13. The van der Waals surface area contributed by atoms with Gasteiger partial charge in [0.1, 0.15) is 5.75 Å². The molecule has 4 rings (SSSR count). The maximum absolute atomic E-state index is 6.16. The molecular formula is C24H32IN3O2. The van der Waals surface area contributed by atoms with E-state index in [1.165, 1.54) is 16.7 Å². The quantitative estimate of drug-likeness (QED) is 0.346. The molecule has 0 aliphatic carbocycles. The zero-order chi connectivity index (χ0) is 20.1. The van der Waals surface area contributed by atoms with Crippen molar-refractivity contribution >= 4 is 29.9 Å². The largest absolute Gasteiger partial charge is 0.493 e. The topological polar surface area (TPSA) is 54.9 Å². The molecule has 2 aromatic carbocycles. The number of ether oxygens (including phenoxy) is 2. The number of aliphatic imine (C=N–C) groups is 1. The number of para-hydroxylation sites is 1. The van der Waals surface area contributed by atoms with E-state index in [0.29, 0.717) is 5.92 Å². The predicted molar refractivity (Wildman–Crippen MR) is 132 cm³/mol. The first-order chi connectivity index (χ1) is 14.2. The molecule has 6 heteroatoms. The zero-order valence-electron chi connectivity index (χ0n) is 17.8. The molecule has 1 fully saturated rings. The molecule has 3 unspecified atom stereocenters. The Morgan fingerprint density at radius 2 is 1.87 bits per heavy atom. The summed E-state index contributed by atoms with van der Waals surface area (Å²) in [4.78, 5) is 4.46. The summed E-state index contributed by atoms with van der Waals surface area (Å²) in [5.41, 5.74) is 3.74. The van der Waals surface area contributed by atoms with Gasteiger partial charge < -0.3 is 20.1 Å². The third-order valence-electron chi connectivity index (χ3n) is 5.88. The number of rotatable bonds is 4. The minimum atomic E-state index is 0. The fourth-order valence-corrected chi connectivity index (χ4v) is 4.26. The normalized spacial score (nSPS) is 23.5. The van der Waals surface area contributed by atoms with Crippen molar-refractivity contribution in [2.24, 2.45) is 10.9 Å². The van der Waals surface area contributed by atoms with Crippen LogP contribution < -0.4 is 15.4 Å². The first-order valence-electron chi connectivity index (χ1n) is 10.6. The van der Waals surface area contributed by atoms with E-state index in [9.17, 15) is 0 Å². The number of hydrogen-bond acceptors (Lipinski definition) is 3. The maximum atomic E-state index is 6.16. The number of halogens is 1. The van der Waals surface area contributed by atoms with Gasteiger partial charge in [0.05, 0.1) is 18.8 Å². The van der Waals surface area contributed by atoms with Gasteiger partial charge >= 0.3 is 0 Å². The first-order valence-corrected chi connectivity index (χ1v) is 10.6. The molecule has 2 heterocycles. The molecule has 0 amide bonds. The van der Waals surface area contributed by atoms with Gasteiger partial charge in [0, 0.05) is 38.1 Å². The highest BCUT2D eigenvalue weighted by atomic mass is 127. The molecular weight excluding hydrogens is 489 g/mol. The molecule has 1 saturated heterocycles. The summed E-state index contributed by atoms with van der Waals surface area (Å²) in [5.74, 6) is 2.22. The molecule has 162 valence electrons. The average Bonchev–Trinajstić information content (AvgIpc) is 2.77. The van der Waals surface area contributed by atoms with Crippen LogP contribution in [0, 0.1) is 12.8 Å². The van der Waals surface area contributed by atoms with Crippen molar-refractivity contribution in [2.45, 2.75) is 38.3 Å². The van der Waals surface area contributed by atoms with Gasteiger partial charge in [-0.1, -0.05) is 48.0 Å². The lowest BCUT2D eigenvalue weighted by Crippen LogP contribution is -2.44. The highest BCUT2D eigenvalue weighted by molar-refractivity contribution is 14.0. The van der Waals surface area contributed by atoms with Gasteiger partial charge in [0.25, 0.3) is 0 Å². The summed E-state index contributed by atoms with van der Waals surface area (Å²) in [7, 11) is 1.83. The van der Waals surface area contributed by atoms with E-state index in [2.05, 4.69) is 58.9 Å². The minimum Gasteiger partial charge on any atom is -0.493 e. The van der Waals surface area contributed by atoms with Crippen molar-refractivity contribution < 1.29 is 9.47 Å². The van der Waals surface area contributed by atoms with Gasteiger partial charge in [0.2, 0.25) is 0 Å². The maximum Gasteiger partial charge on any atom is 0.191 e. The Balaban J connectivity index is 0.00000256. The molecule has 0 spiro atoms. The van der Waals surface area contributed by atoms with Crippen molar-refractivity contribution in [3.8, 4) is 5.75 Å². The van der Waals surface area contributed by atoms with E-state index in [1.807, 2.05) is 19.2 Å². The summed E-state index contributed by atoms with van der Waals surface area (Å²) in [6.45, 7) is 4.51. The lowest BCUT2D eigenvalue weighted by atomic mass is 9.89. The first kappa shape index (κ1) is 22.9. The van der Waals surface area contributed by atoms with E-state index >= 15 is 0 Å². The van der Waals surface area contributed by atoms with Crippen LogP contribution in [-0.4, -0.2) is 32.8 Å². The van der Waals surface area contributed by atoms with Crippen LogP contribution in [0.4, 0.5) is 0 Å². The van der Waals surface area contributed by atoms with Gasteiger partial charge in [-0.25, -0.2) is 0 Å². The summed E-state index contributed by atoms with van der Waals surface area (Å²) < 4.78 is 11.9.